The molecule has 0 aliphatic rings. The van der Waals surface area contributed by atoms with Crippen LogP contribution in [0.25, 0.3) is 10.9 Å². The van der Waals surface area contributed by atoms with Gasteiger partial charge >= 0.3 is 0 Å². The van der Waals surface area contributed by atoms with Crippen molar-refractivity contribution in [1.29, 1.82) is 5.26 Å². The van der Waals surface area contributed by atoms with Crippen molar-refractivity contribution in [1.82, 2.24) is 4.57 Å². The summed E-state index contributed by atoms with van der Waals surface area (Å²) in [6.45, 7) is 9.06. The lowest BCUT2D eigenvalue weighted by Crippen LogP contribution is -2.00. The lowest BCUT2D eigenvalue weighted by Gasteiger charge is -2.07. The van der Waals surface area contributed by atoms with Crippen LogP contribution in [0.1, 0.15) is 50.3 Å². The fraction of sp³-hybridized carbons (Fsp3) is 0.286. The molecule has 0 saturated heterocycles. The number of halogens is 1. The molecule has 0 amide bonds. The summed E-state index contributed by atoms with van der Waals surface area (Å²) in [4.78, 5) is 0. The second kappa shape index (κ2) is 8.04. The summed E-state index contributed by atoms with van der Waals surface area (Å²) in [6.07, 6.45) is 2.18. The van der Waals surface area contributed by atoms with E-state index in [0.717, 1.165) is 21.7 Å². The number of nitrogens with zero attached hydrogens (tertiary/aromatic N) is 2. The highest BCUT2D eigenvalue weighted by molar-refractivity contribution is 6.31. The summed E-state index contributed by atoms with van der Waals surface area (Å²) in [5, 5.41) is 11.2. The quantitative estimate of drug-likeness (QED) is 0.545. The van der Waals surface area contributed by atoms with Gasteiger partial charge in [-0.1, -0.05) is 57.5 Å². The number of fused-ring (bicyclic) bond motifs is 1. The van der Waals surface area contributed by atoms with Gasteiger partial charge in [-0.25, -0.2) is 0 Å². The van der Waals surface area contributed by atoms with Gasteiger partial charge in [0.1, 0.15) is 0 Å². The molecular weight excluding hydrogens is 316 g/mol. The van der Waals surface area contributed by atoms with E-state index in [-0.39, 0.29) is 0 Å². The van der Waals surface area contributed by atoms with E-state index in [1.165, 1.54) is 10.9 Å². The van der Waals surface area contributed by atoms with Crippen LogP contribution in [0.15, 0.2) is 48.7 Å². The fourth-order valence-corrected chi connectivity index (χ4v) is 3.01. The minimum atomic E-state index is 0.424. The Kier molecular flexibility index (Phi) is 6.06. The van der Waals surface area contributed by atoms with E-state index in [1.807, 2.05) is 50.2 Å². The largest absolute Gasteiger partial charge is 0.343 e. The van der Waals surface area contributed by atoms with Crippen molar-refractivity contribution in [2.75, 3.05) is 0 Å². The van der Waals surface area contributed by atoms with Gasteiger partial charge < -0.3 is 4.57 Å². The molecule has 1 aromatic heterocycles. The Morgan fingerprint density at radius 1 is 1.12 bits per heavy atom. The number of hydrogen-bond acceptors (Lipinski definition) is 1. The Labute approximate surface area is 149 Å². The first-order valence-corrected chi connectivity index (χ1v) is 8.74. The van der Waals surface area contributed by atoms with Crippen molar-refractivity contribution in [2.45, 2.75) is 40.2 Å². The van der Waals surface area contributed by atoms with Gasteiger partial charge in [0.25, 0.3) is 0 Å². The molecule has 0 aliphatic heterocycles. The molecule has 0 unspecified atom stereocenters. The zero-order valence-electron chi connectivity index (χ0n) is 14.7. The number of aromatic nitrogens is 1. The highest BCUT2D eigenvalue weighted by Crippen LogP contribution is 2.30. The minimum Gasteiger partial charge on any atom is -0.343 e. The van der Waals surface area contributed by atoms with Crippen LogP contribution in [0, 0.1) is 11.3 Å². The van der Waals surface area contributed by atoms with Crippen LogP contribution in [0.2, 0.25) is 5.02 Å². The molecule has 0 fully saturated rings. The molecule has 0 bridgehead atoms. The summed E-state index contributed by atoms with van der Waals surface area (Å²) in [7, 11) is 0. The molecule has 3 heteroatoms. The van der Waals surface area contributed by atoms with Gasteiger partial charge in [-0.2, -0.15) is 5.26 Å². The van der Waals surface area contributed by atoms with Gasteiger partial charge in [0.15, 0.2) is 0 Å². The third kappa shape index (κ3) is 3.63. The van der Waals surface area contributed by atoms with Gasteiger partial charge in [0, 0.05) is 28.7 Å². The third-order valence-corrected chi connectivity index (χ3v) is 4.21. The SMILES string of the molecule is CC.CC(C)c1cn(Cc2ccccc2C#N)c2ccc(Cl)cc12. The summed E-state index contributed by atoms with van der Waals surface area (Å²) >= 11 is 6.16. The van der Waals surface area contributed by atoms with Crippen LogP contribution < -0.4 is 0 Å². The van der Waals surface area contributed by atoms with Crippen LogP contribution in [0.5, 0.6) is 0 Å². The third-order valence-electron chi connectivity index (χ3n) is 3.97. The molecule has 0 atom stereocenters. The van der Waals surface area contributed by atoms with Gasteiger partial charge in [-0.3, -0.25) is 0 Å². The van der Waals surface area contributed by atoms with Crippen LogP contribution in [-0.2, 0) is 6.54 Å². The molecule has 3 aromatic rings. The van der Waals surface area contributed by atoms with Crippen molar-refractivity contribution in [3.05, 3.63) is 70.4 Å². The predicted molar refractivity (Wildman–Crippen MR) is 103 cm³/mol. The van der Waals surface area contributed by atoms with Crippen LogP contribution in [-0.4, -0.2) is 4.57 Å². The maximum absolute atomic E-state index is 9.26. The number of benzene rings is 2. The summed E-state index contributed by atoms with van der Waals surface area (Å²) in [5.41, 5.74) is 4.20. The summed E-state index contributed by atoms with van der Waals surface area (Å²) in [5.74, 6) is 0.424. The van der Waals surface area contributed by atoms with Crippen LogP contribution in [0.4, 0.5) is 0 Å². The lowest BCUT2D eigenvalue weighted by molar-refractivity contribution is 0.808. The Morgan fingerprint density at radius 3 is 2.50 bits per heavy atom. The van der Waals surface area contributed by atoms with E-state index in [9.17, 15) is 5.26 Å². The van der Waals surface area contributed by atoms with Crippen molar-refractivity contribution >= 4 is 22.5 Å². The number of nitriles is 1. The Hall–Kier alpha value is -2.24. The number of hydrogen-bond donors (Lipinski definition) is 0. The maximum atomic E-state index is 9.26. The Balaban J connectivity index is 0.00000100. The first-order valence-electron chi connectivity index (χ1n) is 8.36. The maximum Gasteiger partial charge on any atom is 0.0995 e. The van der Waals surface area contributed by atoms with Crippen LogP contribution >= 0.6 is 11.6 Å². The number of rotatable bonds is 3. The van der Waals surface area contributed by atoms with Crippen molar-refractivity contribution in [2.24, 2.45) is 0 Å². The van der Waals surface area contributed by atoms with Crippen LogP contribution in [0.3, 0.4) is 0 Å². The molecule has 0 N–H and O–H groups in total. The first kappa shape index (κ1) is 18.1. The smallest absolute Gasteiger partial charge is 0.0995 e. The molecule has 24 heavy (non-hydrogen) atoms. The Morgan fingerprint density at radius 2 is 1.83 bits per heavy atom. The minimum absolute atomic E-state index is 0.424. The van der Waals surface area contributed by atoms with Gasteiger partial charge in [-0.15, -0.1) is 0 Å². The molecule has 1 heterocycles. The van der Waals surface area contributed by atoms with Crippen molar-refractivity contribution in [3.8, 4) is 6.07 Å². The lowest BCUT2D eigenvalue weighted by atomic mass is 10.0. The molecule has 2 aromatic carbocycles. The molecule has 0 radical (unpaired) electrons. The van der Waals surface area contributed by atoms with Crippen molar-refractivity contribution < 1.29 is 0 Å². The fourth-order valence-electron chi connectivity index (χ4n) is 2.84. The normalized spacial score (nSPS) is 10.4. The highest BCUT2D eigenvalue weighted by Gasteiger charge is 2.13. The molecule has 124 valence electrons. The first-order chi connectivity index (χ1) is 11.6. The summed E-state index contributed by atoms with van der Waals surface area (Å²) < 4.78 is 2.21. The molecular formula is C21H23ClN2. The average Bonchev–Trinajstić information content (AvgIpc) is 2.95. The monoisotopic (exact) mass is 338 g/mol. The van der Waals surface area contributed by atoms with Gasteiger partial charge in [-0.05, 0) is 41.3 Å². The standard InChI is InChI=1S/C19H17ClN2.C2H6/c1-13(2)18-12-22(19-8-7-16(20)9-17(18)19)11-15-6-4-3-5-14(15)10-21;1-2/h3-9,12-13H,11H2,1-2H3;1-2H3. The van der Waals surface area contributed by atoms with E-state index >= 15 is 0 Å². The van der Waals surface area contributed by atoms with Gasteiger partial charge in [0.05, 0.1) is 11.6 Å². The van der Waals surface area contributed by atoms with E-state index in [4.69, 9.17) is 11.6 Å². The van der Waals surface area contributed by atoms with E-state index in [1.54, 1.807) is 0 Å². The second-order valence-electron chi connectivity index (χ2n) is 5.80. The molecule has 0 saturated carbocycles. The average molecular weight is 339 g/mol. The molecule has 2 nitrogen and oxygen atoms in total. The van der Waals surface area contributed by atoms with E-state index < -0.39 is 0 Å². The topological polar surface area (TPSA) is 28.7 Å². The summed E-state index contributed by atoms with van der Waals surface area (Å²) in [6, 6.07) is 16.0. The van der Waals surface area contributed by atoms with E-state index in [2.05, 4.69) is 36.7 Å². The second-order valence-corrected chi connectivity index (χ2v) is 6.23. The van der Waals surface area contributed by atoms with Gasteiger partial charge in [0.2, 0.25) is 0 Å². The molecule has 3 rings (SSSR count). The Bertz CT molecular complexity index is 869. The highest BCUT2D eigenvalue weighted by atomic mass is 35.5. The zero-order chi connectivity index (χ0) is 17.7. The zero-order valence-corrected chi connectivity index (χ0v) is 15.4. The predicted octanol–water partition coefficient (Wildman–Crippen LogP) is 6.36. The molecule has 0 spiro atoms. The molecule has 0 aliphatic carbocycles. The van der Waals surface area contributed by atoms with E-state index in [0.29, 0.717) is 12.5 Å². The van der Waals surface area contributed by atoms with Crippen molar-refractivity contribution in [3.63, 3.8) is 0 Å².